The SMILES string of the molecule is CCc1ccccc1CC1C=CC(Cc2ccc(CC3C=CC(Cc4ccccc4CCl)=C3)cc2)=C1. The van der Waals surface area contributed by atoms with Crippen molar-refractivity contribution in [2.75, 3.05) is 0 Å². The van der Waals surface area contributed by atoms with Crippen LogP contribution in [0.1, 0.15) is 40.3 Å². The molecule has 2 aliphatic rings. The first-order valence-electron chi connectivity index (χ1n) is 13.3. The van der Waals surface area contributed by atoms with Gasteiger partial charge in [-0.15, -0.1) is 11.6 Å². The van der Waals surface area contributed by atoms with Gasteiger partial charge in [0.1, 0.15) is 0 Å². The van der Waals surface area contributed by atoms with Crippen LogP contribution >= 0.6 is 11.6 Å². The highest BCUT2D eigenvalue weighted by Gasteiger charge is 2.14. The van der Waals surface area contributed by atoms with Crippen LogP contribution in [0, 0.1) is 11.8 Å². The zero-order valence-electron chi connectivity index (χ0n) is 21.2. The van der Waals surface area contributed by atoms with Gasteiger partial charge >= 0.3 is 0 Å². The summed E-state index contributed by atoms with van der Waals surface area (Å²) in [4.78, 5) is 0. The van der Waals surface area contributed by atoms with E-state index in [4.69, 9.17) is 11.6 Å². The van der Waals surface area contributed by atoms with Crippen LogP contribution in [0.3, 0.4) is 0 Å². The van der Waals surface area contributed by atoms with Crippen molar-refractivity contribution in [2.45, 2.75) is 44.9 Å². The molecule has 0 saturated heterocycles. The Morgan fingerprint density at radius 3 is 1.81 bits per heavy atom. The molecule has 0 fully saturated rings. The van der Waals surface area contributed by atoms with Crippen LogP contribution in [-0.4, -0.2) is 0 Å². The van der Waals surface area contributed by atoms with E-state index in [1.54, 1.807) is 0 Å². The molecule has 0 aliphatic heterocycles. The predicted octanol–water partition coefficient (Wildman–Crippen LogP) is 8.78. The van der Waals surface area contributed by atoms with Crippen LogP contribution < -0.4 is 0 Å². The molecule has 0 amide bonds. The van der Waals surface area contributed by atoms with Crippen LogP contribution in [0.2, 0.25) is 0 Å². The van der Waals surface area contributed by atoms with Crippen LogP contribution in [0.25, 0.3) is 0 Å². The molecule has 0 saturated carbocycles. The number of aryl methyl sites for hydroxylation is 1. The van der Waals surface area contributed by atoms with Gasteiger partial charge in [0.25, 0.3) is 0 Å². The third-order valence-corrected chi connectivity index (χ3v) is 7.77. The molecule has 3 aromatic rings. The Bertz CT molecular complexity index is 1300. The van der Waals surface area contributed by atoms with Gasteiger partial charge in [-0.2, -0.15) is 0 Å². The van der Waals surface area contributed by atoms with Crippen LogP contribution in [-0.2, 0) is 38.0 Å². The topological polar surface area (TPSA) is 0 Å². The van der Waals surface area contributed by atoms with Gasteiger partial charge in [0.2, 0.25) is 0 Å². The number of allylic oxidation sites excluding steroid dienone is 8. The lowest BCUT2D eigenvalue weighted by atomic mass is 9.95. The number of hydrogen-bond acceptors (Lipinski definition) is 0. The number of alkyl halides is 1. The molecule has 0 nitrogen and oxygen atoms in total. The molecular formula is C35H35Cl. The molecule has 182 valence electrons. The summed E-state index contributed by atoms with van der Waals surface area (Å²) in [5.74, 6) is 1.56. The molecule has 2 unspecified atom stereocenters. The summed E-state index contributed by atoms with van der Waals surface area (Å²) in [6.07, 6.45) is 19.4. The van der Waals surface area contributed by atoms with E-state index >= 15 is 0 Å². The maximum absolute atomic E-state index is 6.13. The fourth-order valence-electron chi connectivity index (χ4n) is 5.49. The van der Waals surface area contributed by atoms with Gasteiger partial charge in [-0.05, 0) is 88.5 Å². The molecule has 2 atom stereocenters. The maximum atomic E-state index is 6.13. The Morgan fingerprint density at radius 1 is 0.583 bits per heavy atom. The molecule has 0 bridgehead atoms. The minimum absolute atomic E-state index is 0.473. The maximum Gasteiger partial charge on any atom is 0.0476 e. The molecule has 0 radical (unpaired) electrons. The van der Waals surface area contributed by atoms with Crippen LogP contribution in [0.5, 0.6) is 0 Å². The fraction of sp³-hybridized carbons (Fsp3) is 0.257. The van der Waals surface area contributed by atoms with Crippen LogP contribution in [0.15, 0.2) is 120 Å². The van der Waals surface area contributed by atoms with E-state index in [0.29, 0.717) is 17.7 Å². The minimum Gasteiger partial charge on any atom is -0.122 e. The van der Waals surface area contributed by atoms with Gasteiger partial charge < -0.3 is 0 Å². The van der Waals surface area contributed by atoms with Crippen molar-refractivity contribution < 1.29 is 0 Å². The Kier molecular flexibility index (Phi) is 8.04. The number of benzene rings is 3. The Morgan fingerprint density at radius 2 is 1.14 bits per heavy atom. The summed E-state index contributed by atoms with van der Waals surface area (Å²) >= 11 is 6.13. The first-order valence-corrected chi connectivity index (χ1v) is 13.8. The zero-order valence-corrected chi connectivity index (χ0v) is 21.9. The number of hydrogen-bond donors (Lipinski definition) is 0. The molecule has 3 aromatic carbocycles. The Hall–Kier alpha value is -3.09. The molecule has 1 heteroatoms. The van der Waals surface area contributed by atoms with E-state index in [9.17, 15) is 0 Å². The molecule has 0 N–H and O–H groups in total. The predicted molar refractivity (Wildman–Crippen MR) is 155 cm³/mol. The first kappa shape index (κ1) is 24.6. The lowest BCUT2D eigenvalue weighted by molar-refractivity contribution is 0.801. The second-order valence-electron chi connectivity index (χ2n) is 10.1. The van der Waals surface area contributed by atoms with Gasteiger partial charge in [0.15, 0.2) is 0 Å². The number of rotatable bonds is 10. The smallest absolute Gasteiger partial charge is 0.0476 e. The van der Waals surface area contributed by atoms with E-state index in [1.165, 1.54) is 44.5 Å². The van der Waals surface area contributed by atoms with Gasteiger partial charge in [0.05, 0.1) is 0 Å². The monoisotopic (exact) mass is 490 g/mol. The second kappa shape index (κ2) is 11.8. The standard InChI is InChI=1S/C35H35Cl/c1-2-32-7-3-4-8-33(32)23-30-17-15-28(21-30)19-26-11-13-27(14-12-26)20-29-16-18-31(22-29)24-34-9-5-6-10-35(34)25-36/h3-18,21-22,29-30H,2,19-20,23-25H2,1H3. The Labute approximate surface area is 221 Å². The Balaban J connectivity index is 1.15. The summed E-state index contributed by atoms with van der Waals surface area (Å²) in [5, 5.41) is 0. The van der Waals surface area contributed by atoms with E-state index in [0.717, 1.165) is 32.1 Å². The third-order valence-electron chi connectivity index (χ3n) is 7.49. The molecular weight excluding hydrogens is 456 g/mol. The molecule has 0 spiro atoms. The fourth-order valence-corrected chi connectivity index (χ4v) is 5.75. The van der Waals surface area contributed by atoms with Crippen LogP contribution in [0.4, 0.5) is 0 Å². The highest BCUT2D eigenvalue weighted by molar-refractivity contribution is 6.17. The molecule has 5 rings (SSSR count). The van der Waals surface area contributed by atoms with Crippen molar-refractivity contribution in [3.8, 4) is 0 Å². The molecule has 2 aliphatic carbocycles. The summed E-state index contributed by atoms with van der Waals surface area (Å²) in [6, 6.07) is 26.6. The average Bonchev–Trinajstić information content (AvgIpc) is 3.55. The van der Waals surface area contributed by atoms with Crippen molar-refractivity contribution in [3.63, 3.8) is 0 Å². The zero-order chi connectivity index (χ0) is 24.7. The second-order valence-corrected chi connectivity index (χ2v) is 10.4. The van der Waals surface area contributed by atoms with Crippen molar-refractivity contribution in [3.05, 3.63) is 154 Å². The van der Waals surface area contributed by atoms with Gasteiger partial charge in [0, 0.05) is 5.88 Å². The average molecular weight is 491 g/mol. The minimum atomic E-state index is 0.473. The lowest BCUT2D eigenvalue weighted by Crippen LogP contribution is -2.00. The van der Waals surface area contributed by atoms with Gasteiger partial charge in [-0.25, -0.2) is 0 Å². The van der Waals surface area contributed by atoms with Gasteiger partial charge in [-0.3, -0.25) is 0 Å². The number of halogens is 1. The highest BCUT2D eigenvalue weighted by Crippen LogP contribution is 2.27. The third kappa shape index (κ3) is 6.18. The summed E-state index contributed by atoms with van der Waals surface area (Å²) in [6.45, 7) is 2.24. The van der Waals surface area contributed by atoms with E-state index in [1.807, 2.05) is 0 Å². The quantitative estimate of drug-likeness (QED) is 0.249. The van der Waals surface area contributed by atoms with Crippen molar-refractivity contribution >= 4 is 11.6 Å². The van der Waals surface area contributed by atoms with E-state index in [-0.39, 0.29) is 0 Å². The molecule has 0 aromatic heterocycles. The van der Waals surface area contributed by atoms with E-state index < -0.39 is 0 Å². The molecule has 36 heavy (non-hydrogen) atoms. The van der Waals surface area contributed by atoms with Crippen molar-refractivity contribution in [1.82, 2.24) is 0 Å². The van der Waals surface area contributed by atoms with Crippen molar-refractivity contribution in [2.24, 2.45) is 11.8 Å². The van der Waals surface area contributed by atoms with E-state index in [2.05, 4.69) is 116 Å². The summed E-state index contributed by atoms with van der Waals surface area (Å²) < 4.78 is 0. The van der Waals surface area contributed by atoms with Gasteiger partial charge in [-0.1, -0.05) is 116 Å². The highest BCUT2D eigenvalue weighted by atomic mass is 35.5. The van der Waals surface area contributed by atoms with Crippen molar-refractivity contribution in [1.29, 1.82) is 0 Å². The summed E-state index contributed by atoms with van der Waals surface area (Å²) in [7, 11) is 0. The first-order chi connectivity index (χ1) is 17.7. The summed E-state index contributed by atoms with van der Waals surface area (Å²) in [5.41, 5.74) is 11.1. The molecule has 0 heterocycles. The largest absolute Gasteiger partial charge is 0.122 e. The lowest BCUT2D eigenvalue weighted by Gasteiger charge is -2.10. The normalized spacial score (nSPS) is 18.5.